The van der Waals surface area contributed by atoms with E-state index in [1.165, 1.54) is 11.3 Å². The molecule has 1 aromatic heterocycles. The van der Waals surface area contributed by atoms with Crippen molar-refractivity contribution in [2.45, 2.75) is 13.8 Å². The first kappa shape index (κ1) is 12.9. The minimum atomic E-state index is -0.0220. The Morgan fingerprint density at radius 1 is 1.62 bits per heavy atom. The number of thiazole rings is 1. The van der Waals surface area contributed by atoms with Crippen LogP contribution in [-0.4, -0.2) is 42.6 Å². The first-order chi connectivity index (χ1) is 7.60. The number of amides is 1. The van der Waals surface area contributed by atoms with E-state index in [-0.39, 0.29) is 5.91 Å². The summed E-state index contributed by atoms with van der Waals surface area (Å²) >= 11 is 1.23. The van der Waals surface area contributed by atoms with Gasteiger partial charge in [-0.05, 0) is 13.8 Å². The lowest BCUT2D eigenvalue weighted by atomic mass is 10.3. The number of methoxy groups -OCH3 is 1. The van der Waals surface area contributed by atoms with Crippen molar-refractivity contribution in [2.24, 2.45) is 0 Å². The number of nitrogens with zero attached hydrogens (tertiary/aromatic N) is 2. The van der Waals surface area contributed by atoms with Crippen LogP contribution in [0.5, 0.6) is 0 Å². The number of aryl methyl sites for hydroxylation is 1. The highest BCUT2D eigenvalue weighted by atomic mass is 32.1. The summed E-state index contributed by atoms with van der Waals surface area (Å²) in [5.74, 6) is -0.0220. The van der Waals surface area contributed by atoms with Crippen molar-refractivity contribution in [3.63, 3.8) is 0 Å². The van der Waals surface area contributed by atoms with E-state index in [9.17, 15) is 4.79 Å². The van der Waals surface area contributed by atoms with Crippen molar-refractivity contribution in [2.75, 3.05) is 32.5 Å². The average molecular weight is 243 g/mol. The summed E-state index contributed by atoms with van der Waals surface area (Å²) in [5.41, 5.74) is 6.27. The molecular weight excluding hydrogens is 226 g/mol. The summed E-state index contributed by atoms with van der Waals surface area (Å²) in [4.78, 5) is 18.5. The van der Waals surface area contributed by atoms with Crippen molar-refractivity contribution in [1.29, 1.82) is 0 Å². The molecule has 1 amide bonds. The zero-order valence-electron chi connectivity index (χ0n) is 9.82. The van der Waals surface area contributed by atoms with Gasteiger partial charge in [0.2, 0.25) is 0 Å². The van der Waals surface area contributed by atoms with Crippen molar-refractivity contribution < 1.29 is 9.53 Å². The van der Waals surface area contributed by atoms with Gasteiger partial charge < -0.3 is 15.4 Å². The van der Waals surface area contributed by atoms with E-state index >= 15 is 0 Å². The van der Waals surface area contributed by atoms with Crippen LogP contribution in [-0.2, 0) is 4.74 Å². The molecule has 0 radical (unpaired) electrons. The molecule has 0 bridgehead atoms. The Hall–Kier alpha value is -1.14. The summed E-state index contributed by atoms with van der Waals surface area (Å²) in [5, 5.41) is 0.434. The monoisotopic (exact) mass is 243 g/mol. The molecule has 90 valence electrons. The maximum atomic E-state index is 12.1. The molecule has 0 aliphatic heterocycles. The highest BCUT2D eigenvalue weighted by Crippen LogP contribution is 2.21. The molecule has 0 atom stereocenters. The Bertz CT molecular complexity index is 365. The number of hydrogen-bond donors (Lipinski definition) is 1. The Kier molecular flexibility index (Phi) is 4.70. The van der Waals surface area contributed by atoms with Crippen LogP contribution >= 0.6 is 11.3 Å². The summed E-state index contributed by atoms with van der Waals surface area (Å²) in [6, 6.07) is 0. The van der Waals surface area contributed by atoms with Crippen LogP contribution in [0, 0.1) is 6.92 Å². The molecule has 1 rings (SSSR count). The standard InChI is InChI=1S/C10H17N3O2S/c1-4-13(5-6-15-3)9(14)8-7(2)12-10(11)16-8/h4-6H2,1-3H3,(H2,11,12). The third kappa shape index (κ3) is 2.93. The minimum absolute atomic E-state index is 0.0220. The van der Waals surface area contributed by atoms with Crippen LogP contribution in [0.4, 0.5) is 5.13 Å². The number of ether oxygens (including phenoxy) is 1. The van der Waals surface area contributed by atoms with Crippen LogP contribution in [0.1, 0.15) is 22.3 Å². The normalized spacial score (nSPS) is 10.4. The summed E-state index contributed by atoms with van der Waals surface area (Å²) in [6.45, 7) is 5.51. The second kappa shape index (κ2) is 5.81. The van der Waals surface area contributed by atoms with Crippen LogP contribution in [0.25, 0.3) is 0 Å². The van der Waals surface area contributed by atoms with Crippen molar-refractivity contribution in [3.05, 3.63) is 10.6 Å². The van der Waals surface area contributed by atoms with Gasteiger partial charge in [-0.2, -0.15) is 0 Å². The summed E-state index contributed by atoms with van der Waals surface area (Å²) < 4.78 is 4.96. The molecule has 0 aliphatic carbocycles. The maximum Gasteiger partial charge on any atom is 0.265 e. The molecule has 0 fully saturated rings. The van der Waals surface area contributed by atoms with E-state index in [0.717, 1.165) is 0 Å². The molecule has 0 spiro atoms. The van der Waals surface area contributed by atoms with E-state index in [1.54, 1.807) is 18.9 Å². The van der Waals surface area contributed by atoms with Gasteiger partial charge in [-0.15, -0.1) is 0 Å². The lowest BCUT2D eigenvalue weighted by Crippen LogP contribution is -2.33. The number of anilines is 1. The Morgan fingerprint density at radius 2 is 2.31 bits per heavy atom. The van der Waals surface area contributed by atoms with Crippen molar-refractivity contribution in [3.8, 4) is 0 Å². The number of nitrogens with two attached hydrogens (primary N) is 1. The fourth-order valence-electron chi connectivity index (χ4n) is 1.36. The highest BCUT2D eigenvalue weighted by molar-refractivity contribution is 7.17. The highest BCUT2D eigenvalue weighted by Gasteiger charge is 2.19. The number of carbonyl (C=O) groups excluding carboxylic acids is 1. The van der Waals surface area contributed by atoms with Crippen LogP contribution < -0.4 is 5.73 Å². The maximum absolute atomic E-state index is 12.1. The van der Waals surface area contributed by atoms with E-state index in [4.69, 9.17) is 10.5 Å². The zero-order valence-corrected chi connectivity index (χ0v) is 10.6. The predicted octanol–water partition coefficient (Wildman–Crippen LogP) is 1.14. The van der Waals surface area contributed by atoms with Gasteiger partial charge in [0.25, 0.3) is 5.91 Å². The van der Waals surface area contributed by atoms with Crippen molar-refractivity contribution in [1.82, 2.24) is 9.88 Å². The van der Waals surface area contributed by atoms with Gasteiger partial charge in [0.1, 0.15) is 4.88 Å². The van der Waals surface area contributed by atoms with E-state index < -0.39 is 0 Å². The van der Waals surface area contributed by atoms with Crippen LogP contribution in [0.3, 0.4) is 0 Å². The van der Waals surface area contributed by atoms with Gasteiger partial charge in [-0.25, -0.2) is 4.98 Å². The number of hydrogen-bond acceptors (Lipinski definition) is 5. The molecule has 1 aromatic rings. The van der Waals surface area contributed by atoms with Gasteiger partial charge in [-0.1, -0.05) is 11.3 Å². The molecule has 5 nitrogen and oxygen atoms in total. The van der Waals surface area contributed by atoms with Gasteiger partial charge in [0, 0.05) is 20.2 Å². The fraction of sp³-hybridized carbons (Fsp3) is 0.600. The van der Waals surface area contributed by atoms with Gasteiger partial charge in [0.15, 0.2) is 5.13 Å². The molecular formula is C10H17N3O2S. The zero-order chi connectivity index (χ0) is 12.1. The Labute approximate surface area is 99.2 Å². The molecule has 0 aliphatic rings. The molecule has 0 aromatic carbocycles. The van der Waals surface area contributed by atoms with Crippen molar-refractivity contribution >= 4 is 22.4 Å². The lowest BCUT2D eigenvalue weighted by Gasteiger charge is -2.19. The minimum Gasteiger partial charge on any atom is -0.383 e. The number of rotatable bonds is 5. The predicted molar refractivity (Wildman–Crippen MR) is 64.7 cm³/mol. The van der Waals surface area contributed by atoms with Gasteiger partial charge in [0.05, 0.1) is 12.3 Å². The van der Waals surface area contributed by atoms with Gasteiger partial charge >= 0.3 is 0 Å². The molecule has 2 N–H and O–H groups in total. The van der Waals surface area contributed by atoms with E-state index in [0.29, 0.717) is 35.4 Å². The Morgan fingerprint density at radius 3 is 2.75 bits per heavy atom. The summed E-state index contributed by atoms with van der Waals surface area (Å²) in [6.07, 6.45) is 0. The first-order valence-electron chi connectivity index (χ1n) is 5.11. The topological polar surface area (TPSA) is 68.5 Å². The third-order valence-electron chi connectivity index (χ3n) is 2.24. The molecule has 0 saturated heterocycles. The largest absolute Gasteiger partial charge is 0.383 e. The fourth-order valence-corrected chi connectivity index (χ4v) is 2.17. The van der Waals surface area contributed by atoms with E-state index in [1.807, 2.05) is 6.92 Å². The number of likely N-dealkylation sites (N-methyl/N-ethyl adjacent to an activating group) is 1. The first-order valence-corrected chi connectivity index (χ1v) is 5.92. The second-order valence-electron chi connectivity index (χ2n) is 3.34. The van der Waals surface area contributed by atoms with Crippen LogP contribution in [0.2, 0.25) is 0 Å². The van der Waals surface area contributed by atoms with Crippen LogP contribution in [0.15, 0.2) is 0 Å². The third-order valence-corrected chi connectivity index (χ3v) is 3.22. The smallest absolute Gasteiger partial charge is 0.265 e. The molecule has 6 heteroatoms. The Balaban J connectivity index is 2.78. The molecule has 0 saturated carbocycles. The molecule has 0 unspecified atom stereocenters. The number of aromatic nitrogens is 1. The number of carbonyl (C=O) groups is 1. The second-order valence-corrected chi connectivity index (χ2v) is 4.37. The van der Waals surface area contributed by atoms with Gasteiger partial charge in [-0.3, -0.25) is 4.79 Å². The quantitative estimate of drug-likeness (QED) is 0.842. The average Bonchev–Trinajstić information content (AvgIpc) is 2.58. The molecule has 16 heavy (non-hydrogen) atoms. The van der Waals surface area contributed by atoms with E-state index in [2.05, 4.69) is 4.98 Å². The molecule has 1 heterocycles. The lowest BCUT2D eigenvalue weighted by molar-refractivity contribution is 0.0710. The SMILES string of the molecule is CCN(CCOC)C(=O)c1sc(N)nc1C. The summed E-state index contributed by atoms with van der Waals surface area (Å²) in [7, 11) is 1.62. The number of nitrogen functional groups attached to an aromatic ring is 1.